The van der Waals surface area contributed by atoms with Crippen LogP contribution in [0.5, 0.6) is 5.75 Å². The van der Waals surface area contributed by atoms with Crippen LogP contribution in [0.2, 0.25) is 0 Å². The molecule has 2 aromatic carbocycles. The van der Waals surface area contributed by atoms with E-state index in [1.165, 1.54) is 0 Å². The zero-order valence-corrected chi connectivity index (χ0v) is 14.7. The molecule has 3 aromatic rings. The minimum Gasteiger partial charge on any atom is -0.481 e. The summed E-state index contributed by atoms with van der Waals surface area (Å²) in [5, 5.41) is 5.67. The number of carbonyl (C=O) groups excluding carboxylic acids is 1. The van der Waals surface area contributed by atoms with E-state index in [1.807, 2.05) is 30.3 Å². The summed E-state index contributed by atoms with van der Waals surface area (Å²) in [6.45, 7) is -0.285. The van der Waals surface area contributed by atoms with Gasteiger partial charge in [0.15, 0.2) is 12.8 Å². The third kappa shape index (κ3) is 4.13. The summed E-state index contributed by atoms with van der Waals surface area (Å²) < 4.78 is 6.28. The number of hydrogen-bond acceptors (Lipinski definition) is 4. The normalized spacial score (nSPS) is 11.3. The molecule has 0 spiro atoms. The van der Waals surface area contributed by atoms with Crippen LogP contribution in [-0.2, 0) is 9.63 Å². The number of nitrogens with two attached hydrogens (primary N) is 1. The zero-order chi connectivity index (χ0) is 17.6. The average molecular weight is 401 g/mol. The van der Waals surface area contributed by atoms with E-state index >= 15 is 0 Å². The first-order valence-corrected chi connectivity index (χ1v) is 8.25. The number of ether oxygens (including phenoxy) is 1. The fourth-order valence-corrected chi connectivity index (χ4v) is 2.80. The van der Waals surface area contributed by atoms with Gasteiger partial charge in [-0.1, -0.05) is 35.5 Å². The average Bonchev–Trinajstić information content (AvgIpc) is 2.66. The Morgan fingerprint density at radius 2 is 1.92 bits per heavy atom. The molecule has 0 unspecified atom stereocenters. The van der Waals surface area contributed by atoms with Crippen molar-refractivity contribution in [1.29, 1.82) is 0 Å². The third-order valence-electron chi connectivity index (χ3n) is 3.40. The first-order valence-electron chi connectivity index (χ1n) is 7.45. The quantitative estimate of drug-likeness (QED) is 0.308. The number of aromatic nitrogens is 1. The number of rotatable bonds is 5. The number of nitrogens with zero attached hydrogens (tertiary/aromatic N) is 1. The maximum Gasteiger partial charge on any atom is 0.372 e. The van der Waals surface area contributed by atoms with E-state index in [2.05, 4.69) is 26.1 Å². The molecular formula is C18H15BrN3O3+. The predicted molar refractivity (Wildman–Crippen MR) is 97.0 cm³/mol. The molecule has 0 aliphatic carbocycles. The number of hydrogen-bond donors (Lipinski definition) is 1. The van der Waals surface area contributed by atoms with Gasteiger partial charge in [-0.05, 0) is 38.8 Å². The second kappa shape index (κ2) is 7.76. The van der Waals surface area contributed by atoms with Crippen LogP contribution in [0.1, 0.15) is 5.69 Å². The van der Waals surface area contributed by atoms with Crippen LogP contribution in [0.3, 0.4) is 0 Å². The molecule has 6 nitrogen and oxygen atoms in total. The molecule has 1 heterocycles. The summed E-state index contributed by atoms with van der Waals surface area (Å²) in [5.41, 5.74) is 6.28. The van der Waals surface area contributed by atoms with Crippen LogP contribution in [0.4, 0.5) is 0 Å². The summed E-state index contributed by atoms with van der Waals surface area (Å²) in [5.74, 6) is -0.0382. The van der Waals surface area contributed by atoms with Gasteiger partial charge in [-0.3, -0.25) is 0 Å². The van der Waals surface area contributed by atoms with E-state index in [0.29, 0.717) is 11.4 Å². The highest BCUT2D eigenvalue weighted by Gasteiger charge is 2.11. The van der Waals surface area contributed by atoms with Crippen molar-refractivity contribution in [3.8, 4) is 5.75 Å². The van der Waals surface area contributed by atoms with Crippen LogP contribution in [0.15, 0.2) is 70.4 Å². The number of H-pyrrole nitrogens is 1. The van der Waals surface area contributed by atoms with Gasteiger partial charge >= 0.3 is 5.97 Å². The molecule has 25 heavy (non-hydrogen) atoms. The molecule has 0 bridgehead atoms. The number of fused-ring (bicyclic) bond motifs is 1. The molecule has 0 atom stereocenters. The Morgan fingerprint density at radius 3 is 2.72 bits per heavy atom. The molecule has 0 radical (unpaired) electrons. The predicted octanol–water partition coefficient (Wildman–Crippen LogP) is 2.66. The smallest absolute Gasteiger partial charge is 0.372 e. The lowest BCUT2D eigenvalue weighted by atomic mass is 10.1. The Morgan fingerprint density at radius 1 is 1.12 bits per heavy atom. The number of pyridine rings is 1. The highest BCUT2D eigenvalue weighted by atomic mass is 79.9. The lowest BCUT2D eigenvalue weighted by Crippen LogP contribution is -2.25. The molecular weight excluding hydrogens is 386 g/mol. The molecule has 0 aliphatic heterocycles. The van der Waals surface area contributed by atoms with Crippen molar-refractivity contribution >= 4 is 38.5 Å². The van der Waals surface area contributed by atoms with Gasteiger partial charge in [0.2, 0.25) is 11.5 Å². The summed E-state index contributed by atoms with van der Waals surface area (Å²) in [6, 6.07) is 16.9. The van der Waals surface area contributed by atoms with E-state index in [0.717, 1.165) is 15.2 Å². The Bertz CT molecular complexity index is 929. The molecule has 126 valence electrons. The van der Waals surface area contributed by atoms with E-state index in [-0.39, 0.29) is 12.4 Å². The Balaban J connectivity index is 1.62. The van der Waals surface area contributed by atoms with E-state index in [1.54, 1.807) is 30.5 Å². The zero-order valence-electron chi connectivity index (χ0n) is 13.1. The van der Waals surface area contributed by atoms with Crippen LogP contribution < -0.4 is 15.5 Å². The maximum absolute atomic E-state index is 11.8. The summed E-state index contributed by atoms with van der Waals surface area (Å²) in [7, 11) is 0. The van der Waals surface area contributed by atoms with Gasteiger partial charge in [-0.2, -0.15) is 0 Å². The molecule has 0 amide bonds. The number of halogens is 1. The molecule has 0 saturated heterocycles. The standard InChI is InChI=1S/C18H14BrN3O3/c19-17-13-6-2-1-5-12(13)8-9-15(17)24-11-16(23)25-22-18(20)14-7-3-4-10-21-14/h1-10H,11H2,(H2,20,22)/p+1. The van der Waals surface area contributed by atoms with Gasteiger partial charge in [0, 0.05) is 12.1 Å². The van der Waals surface area contributed by atoms with Crippen molar-refractivity contribution in [2.24, 2.45) is 10.9 Å². The third-order valence-corrected chi connectivity index (χ3v) is 4.22. The van der Waals surface area contributed by atoms with Gasteiger partial charge < -0.3 is 15.3 Å². The molecule has 1 aromatic heterocycles. The second-order valence-electron chi connectivity index (χ2n) is 5.10. The van der Waals surface area contributed by atoms with Gasteiger partial charge in [0.25, 0.3) is 0 Å². The second-order valence-corrected chi connectivity index (χ2v) is 5.90. The fraction of sp³-hybridized carbons (Fsp3) is 0.0556. The summed E-state index contributed by atoms with van der Waals surface area (Å²) in [6.07, 6.45) is 1.69. The highest BCUT2D eigenvalue weighted by Crippen LogP contribution is 2.32. The minimum atomic E-state index is -0.654. The lowest BCUT2D eigenvalue weighted by molar-refractivity contribution is -0.380. The van der Waals surface area contributed by atoms with Crippen LogP contribution in [-0.4, -0.2) is 18.4 Å². The maximum atomic E-state index is 11.8. The fourth-order valence-electron chi connectivity index (χ4n) is 2.19. The Hall–Kier alpha value is -2.93. The first-order chi connectivity index (χ1) is 12.1. The number of amidine groups is 1. The molecule has 0 fully saturated rings. The number of oxime groups is 1. The summed E-state index contributed by atoms with van der Waals surface area (Å²) >= 11 is 3.50. The Kier molecular flexibility index (Phi) is 5.25. The van der Waals surface area contributed by atoms with Crippen LogP contribution in [0.25, 0.3) is 10.8 Å². The SMILES string of the molecule is NC(=NOC(=O)COc1ccc2ccccc2c1Br)c1cccc[nH+]1. The van der Waals surface area contributed by atoms with Crippen molar-refractivity contribution in [3.05, 3.63) is 71.0 Å². The topological polar surface area (TPSA) is 88.1 Å². The number of carbonyl (C=O) groups is 1. The molecule has 3 N–H and O–H groups in total. The number of benzene rings is 2. The number of aromatic amines is 1. The monoisotopic (exact) mass is 400 g/mol. The van der Waals surface area contributed by atoms with Crippen molar-refractivity contribution in [3.63, 3.8) is 0 Å². The van der Waals surface area contributed by atoms with Crippen molar-refractivity contribution in [2.45, 2.75) is 0 Å². The molecule has 3 rings (SSSR count). The Labute approximate surface area is 152 Å². The van der Waals surface area contributed by atoms with Gasteiger partial charge in [-0.15, -0.1) is 0 Å². The van der Waals surface area contributed by atoms with E-state index in [9.17, 15) is 4.79 Å². The lowest BCUT2D eigenvalue weighted by Gasteiger charge is -2.09. The molecule has 0 aliphatic rings. The van der Waals surface area contributed by atoms with Gasteiger partial charge in [-0.25, -0.2) is 9.78 Å². The van der Waals surface area contributed by atoms with Gasteiger partial charge in [0.1, 0.15) is 5.75 Å². The van der Waals surface area contributed by atoms with Crippen LogP contribution >= 0.6 is 15.9 Å². The summed E-state index contributed by atoms with van der Waals surface area (Å²) in [4.78, 5) is 19.5. The van der Waals surface area contributed by atoms with Crippen LogP contribution in [0, 0.1) is 0 Å². The number of nitrogens with one attached hydrogen (secondary N) is 1. The minimum absolute atomic E-state index is 0.0702. The van der Waals surface area contributed by atoms with Gasteiger partial charge in [0.05, 0.1) is 4.47 Å². The van der Waals surface area contributed by atoms with Crippen molar-refractivity contribution in [2.75, 3.05) is 6.61 Å². The largest absolute Gasteiger partial charge is 0.481 e. The van der Waals surface area contributed by atoms with E-state index in [4.69, 9.17) is 15.3 Å². The first kappa shape index (κ1) is 16.9. The van der Waals surface area contributed by atoms with E-state index < -0.39 is 5.97 Å². The molecule has 0 saturated carbocycles. The van der Waals surface area contributed by atoms with Crippen molar-refractivity contribution in [1.82, 2.24) is 0 Å². The molecule has 7 heteroatoms. The van der Waals surface area contributed by atoms with Crippen molar-refractivity contribution < 1.29 is 19.4 Å². The highest BCUT2D eigenvalue weighted by molar-refractivity contribution is 9.10.